The standard InChI is InChI=1S/C24H40N2O2/c1-5-10-20-21(28-14-9-13-27)15-19-16-22(24(2,3)4)26(23(19)25-20)17-18-11-7-6-8-12-18/h6-8,11-12,19-23,25,27H,5,9-10,13-17H2,1-4H3. The molecule has 2 N–H and O–H groups in total. The van der Waals surface area contributed by atoms with Crippen LogP contribution in [0.2, 0.25) is 0 Å². The Morgan fingerprint density at radius 1 is 1.18 bits per heavy atom. The maximum absolute atomic E-state index is 9.11. The first-order valence-electron chi connectivity index (χ1n) is 11.2. The lowest BCUT2D eigenvalue weighted by Crippen LogP contribution is -2.59. The summed E-state index contributed by atoms with van der Waals surface area (Å²) in [6.45, 7) is 11.3. The number of ether oxygens (including phenoxy) is 1. The third-order valence-electron chi connectivity index (χ3n) is 6.54. The Kier molecular flexibility index (Phi) is 7.54. The molecule has 28 heavy (non-hydrogen) atoms. The van der Waals surface area contributed by atoms with Gasteiger partial charge in [-0.25, -0.2) is 0 Å². The molecule has 0 radical (unpaired) electrons. The van der Waals surface area contributed by atoms with Crippen molar-refractivity contribution in [2.75, 3.05) is 13.2 Å². The van der Waals surface area contributed by atoms with Crippen LogP contribution in [0.3, 0.4) is 0 Å². The van der Waals surface area contributed by atoms with Gasteiger partial charge in [-0.15, -0.1) is 0 Å². The summed E-state index contributed by atoms with van der Waals surface area (Å²) in [7, 11) is 0. The van der Waals surface area contributed by atoms with Gasteiger partial charge < -0.3 is 9.84 Å². The number of rotatable bonds is 8. The van der Waals surface area contributed by atoms with Gasteiger partial charge in [-0.1, -0.05) is 64.4 Å². The molecule has 0 amide bonds. The van der Waals surface area contributed by atoms with E-state index in [1.807, 2.05) is 0 Å². The lowest BCUT2D eigenvalue weighted by atomic mass is 9.81. The highest BCUT2D eigenvalue weighted by atomic mass is 16.5. The Hall–Kier alpha value is -0.940. The van der Waals surface area contributed by atoms with Crippen molar-refractivity contribution >= 4 is 0 Å². The highest BCUT2D eigenvalue weighted by Crippen LogP contribution is 2.44. The van der Waals surface area contributed by atoms with Gasteiger partial charge in [-0.2, -0.15) is 0 Å². The molecule has 5 atom stereocenters. The SMILES string of the molecule is CCCC1NC2C(CC1OCCCO)CC(C(C)(C)C)N2Cc1ccccc1. The van der Waals surface area contributed by atoms with Crippen LogP contribution in [0.25, 0.3) is 0 Å². The number of hydrogen-bond donors (Lipinski definition) is 2. The van der Waals surface area contributed by atoms with Crippen LogP contribution in [0, 0.1) is 11.3 Å². The van der Waals surface area contributed by atoms with Crippen molar-refractivity contribution < 1.29 is 9.84 Å². The smallest absolute Gasteiger partial charge is 0.0732 e. The number of aliphatic hydroxyl groups excluding tert-OH is 1. The second kappa shape index (κ2) is 9.71. The first-order valence-corrected chi connectivity index (χ1v) is 11.2. The molecule has 4 heteroatoms. The third-order valence-corrected chi connectivity index (χ3v) is 6.54. The van der Waals surface area contributed by atoms with Gasteiger partial charge >= 0.3 is 0 Å². The molecular weight excluding hydrogens is 348 g/mol. The topological polar surface area (TPSA) is 44.7 Å². The number of nitrogens with zero attached hydrogens (tertiary/aromatic N) is 1. The van der Waals surface area contributed by atoms with Gasteiger partial charge in [0.2, 0.25) is 0 Å². The summed E-state index contributed by atoms with van der Waals surface area (Å²) in [4.78, 5) is 2.73. The average molecular weight is 389 g/mol. The number of piperidine rings is 1. The highest BCUT2D eigenvalue weighted by molar-refractivity contribution is 5.16. The summed E-state index contributed by atoms with van der Waals surface area (Å²) in [5, 5.41) is 13.1. The number of benzene rings is 1. The summed E-state index contributed by atoms with van der Waals surface area (Å²) < 4.78 is 6.23. The van der Waals surface area contributed by atoms with Crippen LogP contribution in [-0.4, -0.2) is 47.6 Å². The van der Waals surface area contributed by atoms with E-state index < -0.39 is 0 Å². The van der Waals surface area contributed by atoms with Gasteiger partial charge in [0, 0.05) is 31.8 Å². The number of nitrogens with one attached hydrogen (secondary N) is 1. The summed E-state index contributed by atoms with van der Waals surface area (Å²) in [6, 6.07) is 11.9. The van der Waals surface area contributed by atoms with Crippen molar-refractivity contribution in [1.82, 2.24) is 10.2 Å². The highest BCUT2D eigenvalue weighted by Gasteiger charge is 2.50. The van der Waals surface area contributed by atoms with Gasteiger partial charge in [-0.3, -0.25) is 10.2 Å². The number of hydrogen-bond acceptors (Lipinski definition) is 4. The third kappa shape index (κ3) is 5.15. The molecule has 1 aromatic carbocycles. The van der Waals surface area contributed by atoms with Crippen molar-refractivity contribution in [1.29, 1.82) is 0 Å². The zero-order valence-corrected chi connectivity index (χ0v) is 18.2. The van der Waals surface area contributed by atoms with Crippen LogP contribution >= 0.6 is 0 Å². The molecule has 2 fully saturated rings. The van der Waals surface area contributed by atoms with Gasteiger partial charge in [-0.05, 0) is 42.6 Å². The molecule has 4 nitrogen and oxygen atoms in total. The van der Waals surface area contributed by atoms with Crippen LogP contribution in [0.4, 0.5) is 0 Å². The Balaban J connectivity index is 1.78. The molecular formula is C24H40N2O2. The van der Waals surface area contributed by atoms with Crippen molar-refractivity contribution in [3.05, 3.63) is 35.9 Å². The van der Waals surface area contributed by atoms with E-state index in [0.29, 0.717) is 30.8 Å². The van der Waals surface area contributed by atoms with Crippen LogP contribution in [0.1, 0.15) is 65.4 Å². The summed E-state index contributed by atoms with van der Waals surface area (Å²) in [6.07, 6.45) is 6.10. The van der Waals surface area contributed by atoms with Gasteiger partial charge in [0.15, 0.2) is 0 Å². The van der Waals surface area contributed by atoms with E-state index in [0.717, 1.165) is 32.2 Å². The van der Waals surface area contributed by atoms with Gasteiger partial charge in [0.05, 0.1) is 12.3 Å². The average Bonchev–Trinajstić information content (AvgIpc) is 3.01. The summed E-state index contributed by atoms with van der Waals surface area (Å²) >= 11 is 0. The first-order chi connectivity index (χ1) is 13.4. The number of fused-ring (bicyclic) bond motifs is 1. The fourth-order valence-corrected chi connectivity index (χ4v) is 5.18. The fourth-order valence-electron chi connectivity index (χ4n) is 5.18. The Bertz CT molecular complexity index is 586. The van der Waals surface area contributed by atoms with Crippen molar-refractivity contribution in [3.8, 4) is 0 Å². The Labute approximate surface area is 171 Å². The second-order valence-electron chi connectivity index (χ2n) is 9.76. The zero-order chi connectivity index (χ0) is 20.1. The van der Waals surface area contributed by atoms with Crippen LogP contribution in [0.15, 0.2) is 30.3 Å². The first kappa shape index (κ1) is 21.8. The predicted octanol–water partition coefficient (Wildman–Crippen LogP) is 4.18. The van der Waals surface area contributed by atoms with E-state index in [2.05, 4.69) is 68.2 Å². The number of aliphatic hydroxyl groups is 1. The maximum atomic E-state index is 9.11. The van der Waals surface area contributed by atoms with Crippen molar-refractivity contribution in [2.24, 2.45) is 11.3 Å². The van der Waals surface area contributed by atoms with Crippen LogP contribution < -0.4 is 5.32 Å². The quantitative estimate of drug-likeness (QED) is 0.656. The van der Waals surface area contributed by atoms with Crippen molar-refractivity contribution in [3.63, 3.8) is 0 Å². The molecule has 0 spiro atoms. The van der Waals surface area contributed by atoms with Crippen LogP contribution in [0.5, 0.6) is 0 Å². The molecule has 3 rings (SSSR count). The normalized spacial score (nSPS) is 31.1. The molecule has 5 unspecified atom stereocenters. The second-order valence-corrected chi connectivity index (χ2v) is 9.76. The van der Waals surface area contributed by atoms with E-state index in [1.54, 1.807) is 0 Å². The minimum Gasteiger partial charge on any atom is -0.396 e. The Morgan fingerprint density at radius 3 is 2.57 bits per heavy atom. The van der Waals surface area contributed by atoms with Gasteiger partial charge in [0.1, 0.15) is 0 Å². The minimum atomic E-state index is 0.210. The van der Waals surface area contributed by atoms with E-state index in [9.17, 15) is 0 Å². The lowest BCUT2D eigenvalue weighted by Gasteiger charge is -2.44. The van der Waals surface area contributed by atoms with Crippen molar-refractivity contribution in [2.45, 2.75) is 90.7 Å². The largest absolute Gasteiger partial charge is 0.396 e. The van der Waals surface area contributed by atoms with Crippen LogP contribution in [-0.2, 0) is 11.3 Å². The molecule has 2 aliphatic rings. The molecule has 1 aromatic rings. The fraction of sp³-hybridized carbons (Fsp3) is 0.750. The Morgan fingerprint density at radius 2 is 1.93 bits per heavy atom. The summed E-state index contributed by atoms with van der Waals surface area (Å²) in [5.41, 5.74) is 1.65. The maximum Gasteiger partial charge on any atom is 0.0732 e. The summed E-state index contributed by atoms with van der Waals surface area (Å²) in [5.74, 6) is 0.625. The van der Waals surface area contributed by atoms with E-state index in [1.165, 1.54) is 12.0 Å². The minimum absolute atomic E-state index is 0.210. The zero-order valence-electron chi connectivity index (χ0n) is 18.2. The lowest BCUT2D eigenvalue weighted by molar-refractivity contribution is -0.0402. The van der Waals surface area contributed by atoms with E-state index in [4.69, 9.17) is 9.84 Å². The van der Waals surface area contributed by atoms with E-state index in [-0.39, 0.29) is 18.1 Å². The van der Waals surface area contributed by atoms with E-state index >= 15 is 0 Å². The molecule has 0 aliphatic carbocycles. The van der Waals surface area contributed by atoms with Gasteiger partial charge in [0.25, 0.3) is 0 Å². The predicted molar refractivity (Wildman–Crippen MR) is 115 cm³/mol. The molecule has 2 saturated heterocycles. The molecule has 2 aliphatic heterocycles. The monoisotopic (exact) mass is 388 g/mol. The molecule has 0 saturated carbocycles. The molecule has 0 aromatic heterocycles. The molecule has 158 valence electrons. The molecule has 0 bridgehead atoms. The number of likely N-dealkylation sites (tertiary alicyclic amines) is 1. The molecule has 2 heterocycles.